The lowest BCUT2D eigenvalue weighted by Gasteiger charge is -2.30. The number of nitrogens with zero attached hydrogens (tertiary/aromatic N) is 1. The first-order valence-corrected chi connectivity index (χ1v) is 7.46. The van der Waals surface area contributed by atoms with Crippen molar-refractivity contribution in [3.63, 3.8) is 0 Å². The number of likely N-dealkylation sites (tertiary alicyclic amines) is 1. The molecular formula is C14H24N2S. The van der Waals surface area contributed by atoms with Gasteiger partial charge >= 0.3 is 0 Å². The topological polar surface area (TPSA) is 15.3 Å². The van der Waals surface area contributed by atoms with Gasteiger partial charge in [-0.25, -0.2) is 0 Å². The minimum Gasteiger partial charge on any atom is -0.315 e. The average Bonchev–Trinajstić information content (AvgIpc) is 2.63. The summed E-state index contributed by atoms with van der Waals surface area (Å²) in [6.45, 7) is 9.33. The first-order valence-electron chi connectivity index (χ1n) is 6.64. The van der Waals surface area contributed by atoms with E-state index in [1.54, 1.807) is 0 Å². The maximum absolute atomic E-state index is 3.23. The van der Waals surface area contributed by atoms with Crippen molar-refractivity contribution in [2.24, 2.45) is 5.92 Å². The van der Waals surface area contributed by atoms with E-state index in [4.69, 9.17) is 0 Å². The highest BCUT2D eigenvalue weighted by molar-refractivity contribution is 7.12. The van der Waals surface area contributed by atoms with Gasteiger partial charge in [0.2, 0.25) is 0 Å². The standard InChI is InChI=1S/C14H24N2S/c1-11-4-6-16(7-5-11)10-13-8-14(9-15-3)17-12(13)2/h8,11,15H,4-7,9-10H2,1-3H3. The number of rotatable bonds is 4. The van der Waals surface area contributed by atoms with Gasteiger partial charge in [0.05, 0.1) is 0 Å². The highest BCUT2D eigenvalue weighted by atomic mass is 32.1. The lowest BCUT2D eigenvalue weighted by Crippen LogP contribution is -2.32. The Morgan fingerprint density at radius 1 is 1.41 bits per heavy atom. The Bertz CT molecular complexity index is 351. The Labute approximate surface area is 109 Å². The van der Waals surface area contributed by atoms with Crippen molar-refractivity contribution in [1.29, 1.82) is 0 Å². The lowest BCUT2D eigenvalue weighted by atomic mass is 9.99. The monoisotopic (exact) mass is 252 g/mol. The van der Waals surface area contributed by atoms with Crippen molar-refractivity contribution in [3.8, 4) is 0 Å². The molecule has 3 heteroatoms. The maximum atomic E-state index is 3.23. The van der Waals surface area contributed by atoms with Crippen LogP contribution in [0.4, 0.5) is 0 Å². The van der Waals surface area contributed by atoms with Gasteiger partial charge in [0.25, 0.3) is 0 Å². The molecule has 1 aromatic heterocycles. The molecule has 0 amide bonds. The summed E-state index contributed by atoms with van der Waals surface area (Å²) in [5.41, 5.74) is 1.54. The van der Waals surface area contributed by atoms with Crippen LogP contribution in [-0.4, -0.2) is 25.0 Å². The molecular weight excluding hydrogens is 228 g/mol. The lowest BCUT2D eigenvalue weighted by molar-refractivity contribution is 0.185. The summed E-state index contributed by atoms with van der Waals surface area (Å²) in [6.07, 6.45) is 2.74. The first kappa shape index (κ1) is 13.1. The van der Waals surface area contributed by atoms with E-state index in [1.807, 2.05) is 18.4 Å². The predicted octanol–water partition coefficient (Wildman–Crippen LogP) is 3.01. The smallest absolute Gasteiger partial charge is 0.0296 e. The van der Waals surface area contributed by atoms with E-state index in [2.05, 4.69) is 30.1 Å². The molecule has 2 nitrogen and oxygen atoms in total. The molecule has 1 aliphatic heterocycles. The Kier molecular flexibility index (Phi) is 4.60. The summed E-state index contributed by atoms with van der Waals surface area (Å²) in [4.78, 5) is 5.57. The van der Waals surface area contributed by atoms with Gasteiger partial charge in [0.15, 0.2) is 0 Å². The van der Waals surface area contributed by atoms with Crippen LogP contribution in [0.1, 0.15) is 35.1 Å². The van der Waals surface area contributed by atoms with Crippen LogP contribution in [0.3, 0.4) is 0 Å². The number of nitrogens with one attached hydrogen (secondary N) is 1. The molecule has 0 saturated carbocycles. The molecule has 96 valence electrons. The number of hydrogen-bond donors (Lipinski definition) is 1. The fourth-order valence-electron chi connectivity index (χ4n) is 2.47. The molecule has 1 aromatic rings. The van der Waals surface area contributed by atoms with Crippen LogP contribution < -0.4 is 5.32 Å². The van der Waals surface area contributed by atoms with Crippen LogP contribution in [0.5, 0.6) is 0 Å². The molecule has 0 aliphatic carbocycles. The van der Waals surface area contributed by atoms with Crippen LogP contribution in [0, 0.1) is 12.8 Å². The Morgan fingerprint density at radius 3 is 2.76 bits per heavy atom. The van der Waals surface area contributed by atoms with Crippen molar-refractivity contribution in [2.45, 2.75) is 39.8 Å². The van der Waals surface area contributed by atoms with Crippen LogP contribution in [0.2, 0.25) is 0 Å². The van der Waals surface area contributed by atoms with Crippen molar-refractivity contribution in [3.05, 3.63) is 21.4 Å². The zero-order valence-electron chi connectivity index (χ0n) is 11.3. The van der Waals surface area contributed by atoms with Crippen molar-refractivity contribution >= 4 is 11.3 Å². The summed E-state index contributed by atoms with van der Waals surface area (Å²) in [6, 6.07) is 2.38. The van der Waals surface area contributed by atoms with Gasteiger partial charge in [-0.15, -0.1) is 11.3 Å². The van der Waals surface area contributed by atoms with E-state index < -0.39 is 0 Å². The minimum atomic E-state index is 0.926. The summed E-state index contributed by atoms with van der Waals surface area (Å²) < 4.78 is 0. The molecule has 17 heavy (non-hydrogen) atoms. The fraction of sp³-hybridized carbons (Fsp3) is 0.714. The molecule has 2 heterocycles. The first-order chi connectivity index (χ1) is 8.19. The summed E-state index contributed by atoms with van der Waals surface area (Å²) in [7, 11) is 2.01. The van der Waals surface area contributed by atoms with Crippen molar-refractivity contribution < 1.29 is 0 Å². The zero-order valence-corrected chi connectivity index (χ0v) is 12.1. The molecule has 1 aliphatic rings. The van der Waals surface area contributed by atoms with Crippen molar-refractivity contribution in [1.82, 2.24) is 10.2 Å². The summed E-state index contributed by atoms with van der Waals surface area (Å²) >= 11 is 1.94. The zero-order chi connectivity index (χ0) is 12.3. The van der Waals surface area contributed by atoms with E-state index in [1.165, 1.54) is 41.2 Å². The Balaban J connectivity index is 1.93. The van der Waals surface area contributed by atoms with E-state index in [9.17, 15) is 0 Å². The second-order valence-electron chi connectivity index (χ2n) is 5.28. The fourth-order valence-corrected chi connectivity index (χ4v) is 3.53. The minimum absolute atomic E-state index is 0.926. The third kappa shape index (κ3) is 3.54. The number of hydrogen-bond acceptors (Lipinski definition) is 3. The summed E-state index contributed by atoms with van der Waals surface area (Å²) in [5, 5.41) is 3.23. The second-order valence-corrected chi connectivity index (χ2v) is 6.62. The van der Waals surface area contributed by atoms with Crippen LogP contribution in [0.15, 0.2) is 6.07 Å². The number of piperidine rings is 1. The SMILES string of the molecule is CNCc1cc(CN2CCC(C)CC2)c(C)s1. The quantitative estimate of drug-likeness (QED) is 0.886. The average molecular weight is 252 g/mol. The summed E-state index contributed by atoms with van der Waals surface area (Å²) in [5.74, 6) is 0.926. The Morgan fingerprint density at radius 2 is 2.12 bits per heavy atom. The Hall–Kier alpha value is -0.380. The third-order valence-corrected chi connectivity index (χ3v) is 4.79. The highest BCUT2D eigenvalue weighted by Crippen LogP contribution is 2.25. The molecule has 0 spiro atoms. The van der Waals surface area contributed by atoms with Gasteiger partial charge in [0.1, 0.15) is 0 Å². The maximum Gasteiger partial charge on any atom is 0.0296 e. The molecule has 0 unspecified atom stereocenters. The van der Waals surface area contributed by atoms with Gasteiger partial charge < -0.3 is 5.32 Å². The molecule has 1 saturated heterocycles. The van der Waals surface area contributed by atoms with Gasteiger partial charge in [-0.2, -0.15) is 0 Å². The predicted molar refractivity (Wildman–Crippen MR) is 75.5 cm³/mol. The second kappa shape index (κ2) is 5.98. The highest BCUT2D eigenvalue weighted by Gasteiger charge is 2.17. The normalized spacial score (nSPS) is 18.8. The van der Waals surface area contributed by atoms with Crippen LogP contribution in [0.25, 0.3) is 0 Å². The molecule has 0 radical (unpaired) electrons. The van der Waals surface area contributed by atoms with E-state index in [-0.39, 0.29) is 0 Å². The molecule has 0 atom stereocenters. The van der Waals surface area contributed by atoms with Gasteiger partial charge in [-0.1, -0.05) is 6.92 Å². The molecule has 0 aromatic carbocycles. The molecule has 0 bridgehead atoms. The van der Waals surface area contributed by atoms with Gasteiger partial charge in [-0.3, -0.25) is 4.90 Å². The van der Waals surface area contributed by atoms with Gasteiger partial charge in [0, 0.05) is 22.8 Å². The van der Waals surface area contributed by atoms with Crippen LogP contribution in [-0.2, 0) is 13.1 Å². The largest absolute Gasteiger partial charge is 0.315 e. The van der Waals surface area contributed by atoms with Crippen LogP contribution >= 0.6 is 11.3 Å². The third-order valence-electron chi connectivity index (χ3n) is 3.69. The van der Waals surface area contributed by atoms with Crippen molar-refractivity contribution in [2.75, 3.05) is 20.1 Å². The van der Waals surface area contributed by atoms with E-state index in [0.717, 1.165) is 19.0 Å². The molecule has 1 N–H and O–H groups in total. The number of aryl methyl sites for hydroxylation is 1. The van der Waals surface area contributed by atoms with E-state index >= 15 is 0 Å². The van der Waals surface area contributed by atoms with Gasteiger partial charge in [-0.05, 0) is 57.5 Å². The molecule has 2 rings (SSSR count). The number of thiophene rings is 1. The molecule has 1 fully saturated rings. The van der Waals surface area contributed by atoms with E-state index in [0.29, 0.717) is 0 Å².